The zero-order valence-corrected chi connectivity index (χ0v) is 10.2. The van der Waals surface area contributed by atoms with Gasteiger partial charge in [0, 0.05) is 6.20 Å². The fraction of sp³-hybridized carbons (Fsp3) is 0.0714. The maximum absolute atomic E-state index is 11.9. The van der Waals surface area contributed by atoms with Gasteiger partial charge in [0.1, 0.15) is 5.71 Å². The largest absolute Gasteiger partial charge is 0.342 e. The molecule has 0 radical (unpaired) electrons. The van der Waals surface area contributed by atoms with E-state index >= 15 is 0 Å². The molecule has 1 aliphatic rings. The van der Waals surface area contributed by atoms with Crippen LogP contribution >= 0.6 is 0 Å². The minimum absolute atomic E-state index is 0.231. The molecule has 0 bridgehead atoms. The number of carbonyl (C=O) groups is 1. The topological polar surface area (TPSA) is 57.6 Å². The second-order valence-corrected chi connectivity index (χ2v) is 4.07. The Labute approximate surface area is 110 Å². The van der Waals surface area contributed by atoms with Crippen LogP contribution in [0.5, 0.6) is 0 Å². The highest BCUT2D eigenvalue weighted by atomic mass is 16.2. The van der Waals surface area contributed by atoms with Crippen molar-refractivity contribution in [3.8, 4) is 0 Å². The van der Waals surface area contributed by atoms with Crippen LogP contribution in [0.3, 0.4) is 0 Å². The van der Waals surface area contributed by atoms with Crippen molar-refractivity contribution in [2.45, 2.75) is 0 Å². The minimum atomic E-state index is -0.231. The number of benzene rings is 1. The molecule has 0 atom stereocenters. The number of pyridine rings is 1. The highest BCUT2D eigenvalue weighted by Crippen LogP contribution is 2.16. The summed E-state index contributed by atoms with van der Waals surface area (Å²) in [6, 6.07) is 14.7. The first-order chi connectivity index (χ1) is 9.34. The van der Waals surface area contributed by atoms with Gasteiger partial charge in [0.2, 0.25) is 0 Å². The number of para-hydroxylation sites is 1. The molecule has 1 N–H and O–H groups in total. The normalized spacial score (nSPS) is 14.8. The maximum Gasteiger partial charge on any atom is 0.342 e. The van der Waals surface area contributed by atoms with Gasteiger partial charge in [0.15, 0.2) is 0 Å². The summed E-state index contributed by atoms with van der Waals surface area (Å²) in [6.07, 6.45) is 1.71. The SMILES string of the molecule is O=C1NCC(c2ccccn2)=NN1c1ccccc1. The number of aromatic nitrogens is 1. The van der Waals surface area contributed by atoms with Crippen molar-refractivity contribution in [1.82, 2.24) is 10.3 Å². The van der Waals surface area contributed by atoms with Crippen LogP contribution in [0.1, 0.15) is 5.69 Å². The lowest BCUT2D eigenvalue weighted by molar-refractivity contribution is 0.247. The van der Waals surface area contributed by atoms with E-state index in [2.05, 4.69) is 15.4 Å². The lowest BCUT2D eigenvalue weighted by atomic mass is 10.2. The highest BCUT2D eigenvalue weighted by Gasteiger charge is 2.22. The van der Waals surface area contributed by atoms with Crippen LogP contribution in [0.25, 0.3) is 0 Å². The Bertz CT molecular complexity index is 610. The first-order valence-corrected chi connectivity index (χ1v) is 5.96. The summed E-state index contributed by atoms with van der Waals surface area (Å²) in [5.41, 5.74) is 2.24. The standard InChI is InChI=1S/C14H12N4O/c19-14-16-10-13(12-8-4-5-9-15-12)17-18(14)11-6-2-1-3-7-11/h1-9H,10H2,(H,16,19). The summed E-state index contributed by atoms with van der Waals surface area (Å²) in [7, 11) is 0. The number of rotatable bonds is 2. The van der Waals surface area contributed by atoms with Gasteiger partial charge in [-0.2, -0.15) is 10.1 Å². The molecule has 5 nitrogen and oxygen atoms in total. The van der Waals surface area contributed by atoms with Crippen LogP contribution in [0, 0.1) is 0 Å². The van der Waals surface area contributed by atoms with E-state index in [0.29, 0.717) is 6.54 Å². The number of hydrogen-bond donors (Lipinski definition) is 1. The Morgan fingerprint density at radius 3 is 2.58 bits per heavy atom. The van der Waals surface area contributed by atoms with Crippen LogP contribution in [0.15, 0.2) is 59.8 Å². The average molecular weight is 252 g/mol. The van der Waals surface area contributed by atoms with Crippen LogP contribution in [0.2, 0.25) is 0 Å². The Balaban J connectivity index is 1.98. The summed E-state index contributed by atoms with van der Waals surface area (Å²) in [5, 5.41) is 8.53. The highest BCUT2D eigenvalue weighted by molar-refractivity contribution is 6.08. The quantitative estimate of drug-likeness (QED) is 0.888. The molecular weight excluding hydrogens is 240 g/mol. The van der Waals surface area contributed by atoms with Crippen LogP contribution in [0.4, 0.5) is 10.5 Å². The maximum atomic E-state index is 11.9. The zero-order valence-electron chi connectivity index (χ0n) is 10.2. The number of amides is 2. The van der Waals surface area contributed by atoms with E-state index in [-0.39, 0.29) is 6.03 Å². The lowest BCUT2D eigenvalue weighted by Gasteiger charge is -2.24. The number of anilines is 1. The number of nitrogens with zero attached hydrogens (tertiary/aromatic N) is 3. The van der Waals surface area contributed by atoms with Gasteiger partial charge >= 0.3 is 6.03 Å². The molecule has 0 unspecified atom stereocenters. The van der Waals surface area contributed by atoms with Crippen molar-refractivity contribution in [2.75, 3.05) is 11.6 Å². The fourth-order valence-corrected chi connectivity index (χ4v) is 1.86. The van der Waals surface area contributed by atoms with Crippen molar-refractivity contribution < 1.29 is 4.79 Å². The van der Waals surface area contributed by atoms with Crippen molar-refractivity contribution in [3.63, 3.8) is 0 Å². The van der Waals surface area contributed by atoms with Crippen molar-refractivity contribution in [3.05, 3.63) is 60.4 Å². The summed E-state index contributed by atoms with van der Waals surface area (Å²) >= 11 is 0. The molecule has 2 heterocycles. The second kappa shape index (κ2) is 4.89. The molecular formula is C14H12N4O. The van der Waals surface area contributed by atoms with Gasteiger partial charge in [0.05, 0.1) is 17.9 Å². The van der Waals surface area contributed by atoms with Gasteiger partial charge in [-0.25, -0.2) is 4.79 Å². The minimum Gasteiger partial charge on any atom is -0.330 e. The summed E-state index contributed by atoms with van der Waals surface area (Å²) in [4.78, 5) is 16.1. The van der Waals surface area contributed by atoms with Gasteiger partial charge in [-0.05, 0) is 24.3 Å². The molecule has 2 amide bonds. The monoisotopic (exact) mass is 252 g/mol. The number of urea groups is 1. The van der Waals surface area contributed by atoms with Gasteiger partial charge < -0.3 is 5.32 Å². The molecule has 0 fully saturated rings. The van der Waals surface area contributed by atoms with Gasteiger partial charge in [-0.3, -0.25) is 4.98 Å². The zero-order chi connectivity index (χ0) is 13.1. The molecule has 1 aromatic heterocycles. The van der Waals surface area contributed by atoms with E-state index in [0.717, 1.165) is 17.1 Å². The molecule has 0 aliphatic carbocycles. The summed E-state index contributed by atoms with van der Waals surface area (Å²) < 4.78 is 0. The molecule has 19 heavy (non-hydrogen) atoms. The predicted octanol–water partition coefficient (Wildman–Crippen LogP) is 2.02. The predicted molar refractivity (Wildman–Crippen MR) is 73.1 cm³/mol. The van der Waals surface area contributed by atoms with Crippen LogP contribution in [-0.2, 0) is 0 Å². The average Bonchev–Trinajstić information content (AvgIpc) is 2.49. The Kier molecular flexibility index (Phi) is 2.94. The van der Waals surface area contributed by atoms with Gasteiger partial charge in [-0.15, -0.1) is 0 Å². The van der Waals surface area contributed by atoms with Crippen molar-refractivity contribution in [1.29, 1.82) is 0 Å². The molecule has 3 rings (SSSR count). The Morgan fingerprint density at radius 2 is 1.84 bits per heavy atom. The van der Waals surface area contributed by atoms with Crippen molar-refractivity contribution >= 4 is 17.4 Å². The molecule has 0 saturated carbocycles. The van der Waals surface area contributed by atoms with E-state index < -0.39 is 0 Å². The van der Waals surface area contributed by atoms with Crippen LogP contribution < -0.4 is 10.3 Å². The molecule has 0 saturated heterocycles. The van der Waals surface area contributed by atoms with E-state index in [1.807, 2.05) is 48.5 Å². The van der Waals surface area contributed by atoms with Gasteiger partial charge in [0.25, 0.3) is 0 Å². The molecule has 94 valence electrons. The fourth-order valence-electron chi connectivity index (χ4n) is 1.86. The number of hydrogen-bond acceptors (Lipinski definition) is 3. The second-order valence-electron chi connectivity index (χ2n) is 4.07. The van der Waals surface area contributed by atoms with Crippen molar-refractivity contribution in [2.24, 2.45) is 5.10 Å². The molecule has 5 heteroatoms. The number of hydrazone groups is 1. The molecule has 2 aromatic rings. The molecule has 0 spiro atoms. The lowest BCUT2D eigenvalue weighted by Crippen LogP contribution is -2.45. The van der Waals surface area contributed by atoms with E-state index in [9.17, 15) is 4.79 Å². The van der Waals surface area contributed by atoms with Crippen LogP contribution in [-0.4, -0.2) is 23.3 Å². The summed E-state index contributed by atoms with van der Waals surface area (Å²) in [6.45, 7) is 0.388. The molecule has 1 aliphatic heterocycles. The third-order valence-electron chi connectivity index (χ3n) is 2.78. The Morgan fingerprint density at radius 1 is 1.05 bits per heavy atom. The smallest absolute Gasteiger partial charge is 0.330 e. The third-order valence-corrected chi connectivity index (χ3v) is 2.78. The summed E-state index contributed by atoms with van der Waals surface area (Å²) in [5.74, 6) is 0. The first-order valence-electron chi connectivity index (χ1n) is 5.96. The number of carbonyl (C=O) groups excluding carboxylic acids is 1. The van der Waals surface area contributed by atoms with E-state index in [4.69, 9.17) is 0 Å². The number of nitrogens with one attached hydrogen (secondary N) is 1. The third kappa shape index (κ3) is 2.30. The first kappa shape index (κ1) is 11.4. The molecule has 1 aromatic carbocycles. The van der Waals surface area contributed by atoms with E-state index in [1.165, 1.54) is 5.01 Å². The van der Waals surface area contributed by atoms with Gasteiger partial charge in [-0.1, -0.05) is 24.3 Å². The Hall–Kier alpha value is -2.69. The van der Waals surface area contributed by atoms with E-state index in [1.54, 1.807) is 6.20 Å².